The minimum Gasteiger partial charge on any atom is -0.388 e. The van der Waals surface area contributed by atoms with Gasteiger partial charge in [0.15, 0.2) is 6.29 Å². The minimum atomic E-state index is -0.632. The minimum absolute atomic E-state index is 0.0684. The summed E-state index contributed by atoms with van der Waals surface area (Å²) in [6.45, 7) is 2.78. The molecule has 0 aromatic rings. The summed E-state index contributed by atoms with van der Waals surface area (Å²) in [7, 11) is 1.58. The second-order valence-electron chi connectivity index (χ2n) is 6.91. The highest BCUT2D eigenvalue weighted by Gasteiger charge is 2.35. The largest absolute Gasteiger partial charge is 0.388 e. The molecule has 1 amide bonds. The Morgan fingerprint density at radius 2 is 1.92 bits per heavy atom. The van der Waals surface area contributed by atoms with E-state index in [1.165, 1.54) is 0 Å². The number of nitrogens with one attached hydrogen (secondary N) is 1. The van der Waals surface area contributed by atoms with E-state index in [9.17, 15) is 14.3 Å². The Labute approximate surface area is 156 Å². The van der Waals surface area contributed by atoms with E-state index >= 15 is 0 Å². The van der Waals surface area contributed by atoms with Crippen LogP contribution in [0.2, 0.25) is 0 Å². The SMILES string of the molecule is CO[C@@H]1C[C@H](OCCCCC(=O)NCCCCCCCF)O[C@H](C)[C@@H]1O. The van der Waals surface area contributed by atoms with Crippen LogP contribution in [0.4, 0.5) is 4.39 Å². The number of methoxy groups -OCH3 is 1. The normalized spacial score (nSPS) is 26.0. The van der Waals surface area contributed by atoms with Gasteiger partial charge in [-0.15, -0.1) is 0 Å². The van der Waals surface area contributed by atoms with Crippen LogP contribution in [0.15, 0.2) is 0 Å². The Balaban J connectivity index is 1.97. The third kappa shape index (κ3) is 9.80. The van der Waals surface area contributed by atoms with Gasteiger partial charge >= 0.3 is 0 Å². The van der Waals surface area contributed by atoms with Crippen LogP contribution in [0.5, 0.6) is 0 Å². The smallest absolute Gasteiger partial charge is 0.219 e. The maximum absolute atomic E-state index is 11.9. The third-order valence-electron chi connectivity index (χ3n) is 4.69. The van der Waals surface area contributed by atoms with Crippen molar-refractivity contribution in [3.63, 3.8) is 0 Å². The second kappa shape index (κ2) is 14.3. The molecule has 1 rings (SSSR count). The van der Waals surface area contributed by atoms with E-state index in [0.29, 0.717) is 32.4 Å². The molecule has 0 unspecified atom stereocenters. The van der Waals surface area contributed by atoms with Gasteiger partial charge in [-0.2, -0.15) is 0 Å². The van der Waals surface area contributed by atoms with Crippen molar-refractivity contribution in [2.75, 3.05) is 26.9 Å². The van der Waals surface area contributed by atoms with E-state index in [2.05, 4.69) is 5.32 Å². The van der Waals surface area contributed by atoms with Crippen molar-refractivity contribution >= 4 is 5.91 Å². The molecule has 6 nitrogen and oxygen atoms in total. The van der Waals surface area contributed by atoms with Gasteiger partial charge in [-0.05, 0) is 32.6 Å². The molecule has 0 radical (unpaired) electrons. The van der Waals surface area contributed by atoms with E-state index in [1.807, 2.05) is 0 Å². The molecule has 2 N–H and O–H groups in total. The molecule has 154 valence electrons. The number of aliphatic hydroxyl groups excluding tert-OH is 1. The highest BCUT2D eigenvalue weighted by Crippen LogP contribution is 2.23. The summed E-state index contributed by atoms with van der Waals surface area (Å²) in [6.07, 6.45) is 5.54. The molecule has 26 heavy (non-hydrogen) atoms. The molecule has 0 aromatic carbocycles. The van der Waals surface area contributed by atoms with Gasteiger partial charge in [0.25, 0.3) is 0 Å². The number of ether oxygens (including phenoxy) is 3. The van der Waals surface area contributed by atoms with E-state index in [4.69, 9.17) is 14.2 Å². The Hall–Kier alpha value is -0.760. The van der Waals surface area contributed by atoms with Crippen LogP contribution in [0.3, 0.4) is 0 Å². The Morgan fingerprint density at radius 1 is 1.19 bits per heavy atom. The van der Waals surface area contributed by atoms with E-state index in [0.717, 1.165) is 38.5 Å². The summed E-state index contributed by atoms with van der Waals surface area (Å²) in [5.41, 5.74) is 0. The molecule has 1 heterocycles. The lowest BCUT2D eigenvalue weighted by molar-refractivity contribution is -0.250. The monoisotopic (exact) mass is 377 g/mol. The lowest BCUT2D eigenvalue weighted by Crippen LogP contribution is -2.48. The highest BCUT2D eigenvalue weighted by atomic mass is 19.1. The molecule has 0 bridgehead atoms. The fourth-order valence-electron chi connectivity index (χ4n) is 3.02. The standard InChI is InChI=1S/C19H36FNO5/c1-15-19(23)16(24-2)14-18(26-15)25-13-9-6-10-17(22)21-12-8-5-3-4-7-11-20/h15-16,18-19,23H,3-14H2,1-2H3,(H,21,22)/t15-,16-,18-,19+/m1/s1. The van der Waals surface area contributed by atoms with Crippen LogP contribution in [0, 0.1) is 0 Å². The zero-order chi connectivity index (χ0) is 19.2. The molecule has 0 spiro atoms. The van der Waals surface area contributed by atoms with Crippen LogP contribution in [0.1, 0.15) is 64.7 Å². The first-order valence-electron chi connectivity index (χ1n) is 9.89. The number of halogens is 1. The number of hydrogen-bond acceptors (Lipinski definition) is 5. The van der Waals surface area contributed by atoms with Gasteiger partial charge in [0.05, 0.1) is 18.9 Å². The number of amides is 1. The summed E-state index contributed by atoms with van der Waals surface area (Å²) in [5.74, 6) is 0.0684. The molecule has 4 atom stereocenters. The summed E-state index contributed by atoms with van der Waals surface area (Å²) in [4.78, 5) is 11.7. The average molecular weight is 377 g/mol. The van der Waals surface area contributed by atoms with E-state index in [1.54, 1.807) is 14.0 Å². The van der Waals surface area contributed by atoms with Crippen molar-refractivity contribution in [1.82, 2.24) is 5.32 Å². The quantitative estimate of drug-likeness (QED) is 0.455. The number of aliphatic hydroxyl groups is 1. The Morgan fingerprint density at radius 3 is 2.65 bits per heavy atom. The topological polar surface area (TPSA) is 77.0 Å². The molecule has 1 fully saturated rings. The van der Waals surface area contributed by atoms with Crippen LogP contribution >= 0.6 is 0 Å². The average Bonchev–Trinajstić information content (AvgIpc) is 2.63. The first kappa shape index (κ1) is 23.3. The third-order valence-corrected chi connectivity index (χ3v) is 4.69. The van der Waals surface area contributed by atoms with Gasteiger partial charge in [-0.25, -0.2) is 0 Å². The van der Waals surface area contributed by atoms with Gasteiger partial charge in [0, 0.05) is 33.1 Å². The molecule has 7 heteroatoms. The fourth-order valence-corrected chi connectivity index (χ4v) is 3.02. The summed E-state index contributed by atoms with van der Waals surface area (Å²) >= 11 is 0. The number of unbranched alkanes of at least 4 members (excludes halogenated alkanes) is 5. The van der Waals surface area contributed by atoms with E-state index < -0.39 is 6.10 Å². The number of alkyl halides is 1. The predicted octanol–water partition coefficient (Wildman–Crippen LogP) is 2.72. The van der Waals surface area contributed by atoms with Crippen molar-refractivity contribution in [2.45, 2.75) is 89.3 Å². The van der Waals surface area contributed by atoms with Crippen molar-refractivity contribution in [1.29, 1.82) is 0 Å². The van der Waals surface area contributed by atoms with Gasteiger partial charge < -0.3 is 24.6 Å². The summed E-state index contributed by atoms with van der Waals surface area (Å²) < 4.78 is 28.5. The lowest BCUT2D eigenvalue weighted by atomic mass is 10.0. The molecule has 0 aromatic heterocycles. The zero-order valence-electron chi connectivity index (χ0n) is 16.3. The summed E-state index contributed by atoms with van der Waals surface area (Å²) in [5, 5.41) is 12.8. The molecular weight excluding hydrogens is 341 g/mol. The summed E-state index contributed by atoms with van der Waals surface area (Å²) in [6, 6.07) is 0. The van der Waals surface area contributed by atoms with Gasteiger partial charge in [0.2, 0.25) is 5.91 Å². The fraction of sp³-hybridized carbons (Fsp3) is 0.947. The van der Waals surface area contributed by atoms with Crippen molar-refractivity contribution in [3.05, 3.63) is 0 Å². The van der Waals surface area contributed by atoms with Crippen molar-refractivity contribution < 1.29 is 28.5 Å². The zero-order valence-corrected chi connectivity index (χ0v) is 16.3. The Bertz CT molecular complexity index is 372. The molecule has 0 aliphatic carbocycles. The molecule has 1 aliphatic rings. The Kier molecular flexibility index (Phi) is 12.8. The van der Waals surface area contributed by atoms with Crippen LogP contribution in [-0.2, 0) is 19.0 Å². The number of hydrogen-bond donors (Lipinski definition) is 2. The number of carbonyl (C=O) groups excluding carboxylic acids is 1. The highest BCUT2D eigenvalue weighted by molar-refractivity contribution is 5.75. The van der Waals surface area contributed by atoms with Crippen LogP contribution < -0.4 is 5.32 Å². The number of rotatable bonds is 14. The molecule has 1 aliphatic heterocycles. The van der Waals surface area contributed by atoms with Crippen LogP contribution in [0.25, 0.3) is 0 Å². The van der Waals surface area contributed by atoms with Gasteiger partial charge in [-0.1, -0.05) is 19.3 Å². The van der Waals surface area contributed by atoms with Gasteiger partial charge in [-0.3, -0.25) is 9.18 Å². The van der Waals surface area contributed by atoms with Crippen molar-refractivity contribution in [2.24, 2.45) is 0 Å². The number of carbonyl (C=O) groups is 1. The van der Waals surface area contributed by atoms with E-state index in [-0.39, 0.29) is 31.1 Å². The van der Waals surface area contributed by atoms with Crippen molar-refractivity contribution in [3.8, 4) is 0 Å². The first-order chi connectivity index (χ1) is 12.6. The maximum Gasteiger partial charge on any atom is 0.219 e. The van der Waals surface area contributed by atoms with Crippen LogP contribution in [-0.4, -0.2) is 62.6 Å². The predicted molar refractivity (Wildman–Crippen MR) is 97.6 cm³/mol. The molecule has 0 saturated carbocycles. The lowest BCUT2D eigenvalue weighted by Gasteiger charge is -2.36. The maximum atomic E-state index is 11.9. The first-order valence-corrected chi connectivity index (χ1v) is 9.89. The second-order valence-corrected chi connectivity index (χ2v) is 6.91. The molecular formula is C19H36FNO5. The van der Waals surface area contributed by atoms with Gasteiger partial charge in [0.1, 0.15) is 6.10 Å². The molecule has 1 saturated heterocycles.